The van der Waals surface area contributed by atoms with Gasteiger partial charge in [-0.2, -0.15) is 0 Å². The van der Waals surface area contributed by atoms with Crippen molar-refractivity contribution < 1.29 is 33.6 Å². The van der Waals surface area contributed by atoms with Gasteiger partial charge >= 0.3 is 11.8 Å². The van der Waals surface area contributed by atoms with Crippen molar-refractivity contribution in [2.75, 3.05) is 13.2 Å². The van der Waals surface area contributed by atoms with Crippen molar-refractivity contribution in [2.24, 2.45) is 5.73 Å². The minimum absolute atomic E-state index is 0.106. The Morgan fingerprint density at radius 3 is 2.30 bits per heavy atom. The predicted octanol–water partition coefficient (Wildman–Crippen LogP) is -1.38. The molecule has 2 aliphatic rings. The van der Waals surface area contributed by atoms with Crippen LogP contribution in [-0.2, 0) is 28.5 Å². The summed E-state index contributed by atoms with van der Waals surface area (Å²) in [5.41, 5.74) is 4.97. The molecule has 4 atom stereocenters. The molecular weight excluding hydrogens is 308 g/mol. The second-order valence-electron chi connectivity index (χ2n) is 6.56. The number of amides is 2. The fourth-order valence-electron chi connectivity index (χ4n) is 2.77. The van der Waals surface area contributed by atoms with E-state index >= 15 is 0 Å². The van der Waals surface area contributed by atoms with Crippen molar-refractivity contribution in [3.8, 4) is 0 Å². The summed E-state index contributed by atoms with van der Waals surface area (Å²) in [6.45, 7) is 6.72. The number of aliphatic hydroxyl groups excluding tert-OH is 1. The average Bonchev–Trinajstić information content (AvgIpc) is 2.75. The average molecular weight is 332 g/mol. The lowest BCUT2D eigenvalue weighted by Gasteiger charge is -2.43. The third-order valence-corrected chi connectivity index (χ3v) is 3.69. The van der Waals surface area contributed by atoms with Gasteiger partial charge in [-0.25, -0.2) is 0 Å². The van der Waals surface area contributed by atoms with Gasteiger partial charge in [0.15, 0.2) is 11.6 Å². The van der Waals surface area contributed by atoms with E-state index in [2.05, 4.69) is 5.32 Å². The second-order valence-corrected chi connectivity index (χ2v) is 6.56. The first-order chi connectivity index (χ1) is 10.5. The predicted molar refractivity (Wildman–Crippen MR) is 76.9 cm³/mol. The van der Waals surface area contributed by atoms with Gasteiger partial charge in [-0.3, -0.25) is 9.59 Å². The van der Waals surface area contributed by atoms with Gasteiger partial charge in [0.1, 0.15) is 18.3 Å². The standard InChI is InChI=1S/C14H24N2O7/c1-13(2)20-6-7(16-12(19)11(15)18)9(22-13)10-8(5-17)21-14(3,4)23-10/h7-10,17H,5-6H2,1-4H3,(H2,15,18)(H,16,19)/t7-,8+,9?,10-/m0/s1. The van der Waals surface area contributed by atoms with Crippen molar-refractivity contribution >= 4 is 11.8 Å². The Balaban J connectivity index is 2.21. The maximum absolute atomic E-state index is 11.6. The molecule has 9 heteroatoms. The van der Waals surface area contributed by atoms with Crippen molar-refractivity contribution in [3.05, 3.63) is 0 Å². The number of aliphatic hydroxyl groups is 1. The van der Waals surface area contributed by atoms with Gasteiger partial charge in [-0.05, 0) is 27.7 Å². The zero-order valence-corrected chi connectivity index (χ0v) is 13.7. The van der Waals surface area contributed by atoms with Crippen LogP contribution in [0.5, 0.6) is 0 Å². The molecule has 23 heavy (non-hydrogen) atoms. The van der Waals surface area contributed by atoms with Gasteiger partial charge in [-0.1, -0.05) is 0 Å². The molecule has 0 spiro atoms. The lowest BCUT2D eigenvalue weighted by Crippen LogP contribution is -2.62. The molecule has 0 aliphatic carbocycles. The van der Waals surface area contributed by atoms with Crippen LogP contribution in [0.1, 0.15) is 27.7 Å². The molecule has 4 N–H and O–H groups in total. The zero-order chi connectivity index (χ0) is 17.4. The van der Waals surface area contributed by atoms with Crippen LogP contribution < -0.4 is 11.1 Å². The van der Waals surface area contributed by atoms with E-state index in [0.29, 0.717) is 0 Å². The molecule has 0 aromatic rings. The quantitative estimate of drug-likeness (QED) is 0.543. The molecule has 0 aromatic heterocycles. The smallest absolute Gasteiger partial charge is 0.309 e. The van der Waals surface area contributed by atoms with E-state index in [1.807, 2.05) is 0 Å². The van der Waals surface area contributed by atoms with E-state index < -0.39 is 47.7 Å². The lowest BCUT2D eigenvalue weighted by molar-refractivity contribution is -0.302. The summed E-state index contributed by atoms with van der Waals surface area (Å²) >= 11 is 0. The summed E-state index contributed by atoms with van der Waals surface area (Å²) in [7, 11) is 0. The summed E-state index contributed by atoms with van der Waals surface area (Å²) in [5, 5.41) is 12.0. The van der Waals surface area contributed by atoms with Gasteiger partial charge in [0.2, 0.25) is 0 Å². The molecule has 2 amide bonds. The van der Waals surface area contributed by atoms with Crippen LogP contribution in [0.3, 0.4) is 0 Å². The fraction of sp³-hybridized carbons (Fsp3) is 0.857. The molecule has 0 radical (unpaired) electrons. The molecule has 0 bridgehead atoms. The van der Waals surface area contributed by atoms with Crippen molar-refractivity contribution in [1.29, 1.82) is 0 Å². The van der Waals surface area contributed by atoms with E-state index in [4.69, 9.17) is 24.7 Å². The van der Waals surface area contributed by atoms with E-state index in [1.165, 1.54) is 0 Å². The number of carbonyl (C=O) groups excluding carboxylic acids is 2. The summed E-state index contributed by atoms with van der Waals surface area (Å²) in [6, 6.07) is -0.667. The van der Waals surface area contributed by atoms with Gasteiger partial charge in [-0.15, -0.1) is 0 Å². The first kappa shape index (κ1) is 18.1. The highest BCUT2D eigenvalue weighted by Gasteiger charge is 2.51. The first-order valence-electron chi connectivity index (χ1n) is 7.43. The van der Waals surface area contributed by atoms with Gasteiger partial charge < -0.3 is 35.1 Å². The van der Waals surface area contributed by atoms with Gasteiger partial charge in [0.25, 0.3) is 0 Å². The Labute approximate surface area is 134 Å². The fourth-order valence-corrected chi connectivity index (χ4v) is 2.77. The normalized spacial score (nSPS) is 35.7. The van der Waals surface area contributed by atoms with E-state index in [0.717, 1.165) is 0 Å². The molecule has 0 aromatic carbocycles. The van der Waals surface area contributed by atoms with Crippen molar-refractivity contribution in [3.63, 3.8) is 0 Å². The van der Waals surface area contributed by atoms with Crippen LogP contribution in [0, 0.1) is 0 Å². The van der Waals surface area contributed by atoms with Crippen molar-refractivity contribution in [1.82, 2.24) is 5.32 Å². The number of nitrogens with one attached hydrogen (secondary N) is 1. The highest BCUT2D eigenvalue weighted by molar-refractivity contribution is 6.34. The zero-order valence-electron chi connectivity index (χ0n) is 13.7. The number of hydrogen-bond acceptors (Lipinski definition) is 7. The second kappa shape index (κ2) is 6.33. The highest BCUT2D eigenvalue weighted by atomic mass is 16.8. The SMILES string of the molecule is CC1(C)OC[C@H](NC(=O)C(N)=O)C([C@H]2OC(C)(C)O[C@@H]2CO)O1. The summed E-state index contributed by atoms with van der Waals surface area (Å²) in [5.74, 6) is -3.85. The molecule has 1 unspecified atom stereocenters. The van der Waals surface area contributed by atoms with Crippen LogP contribution in [0.4, 0.5) is 0 Å². The molecule has 132 valence electrons. The number of ether oxygens (including phenoxy) is 4. The molecule has 0 saturated carbocycles. The van der Waals surface area contributed by atoms with Crippen LogP contribution in [0.25, 0.3) is 0 Å². The molecule has 2 fully saturated rings. The molecular formula is C14H24N2O7. The number of hydrogen-bond donors (Lipinski definition) is 3. The van der Waals surface area contributed by atoms with Crippen LogP contribution in [0.15, 0.2) is 0 Å². The Kier molecular flexibility index (Phi) is 4.97. The Morgan fingerprint density at radius 2 is 1.74 bits per heavy atom. The largest absolute Gasteiger partial charge is 0.394 e. The van der Waals surface area contributed by atoms with Crippen LogP contribution in [0.2, 0.25) is 0 Å². The maximum Gasteiger partial charge on any atom is 0.309 e. The Bertz CT molecular complexity index is 480. The minimum atomic E-state index is -1.10. The number of primary amides is 1. The molecule has 2 heterocycles. The monoisotopic (exact) mass is 332 g/mol. The van der Waals surface area contributed by atoms with E-state index in [9.17, 15) is 14.7 Å². The van der Waals surface area contributed by atoms with Gasteiger partial charge in [0, 0.05) is 0 Å². The third-order valence-electron chi connectivity index (χ3n) is 3.69. The Hall–Kier alpha value is -1.26. The summed E-state index contributed by atoms with van der Waals surface area (Å²) in [6.07, 6.45) is -1.95. The Morgan fingerprint density at radius 1 is 1.13 bits per heavy atom. The topological polar surface area (TPSA) is 129 Å². The summed E-state index contributed by atoms with van der Waals surface area (Å²) in [4.78, 5) is 22.6. The molecule has 2 aliphatic heterocycles. The van der Waals surface area contributed by atoms with Crippen LogP contribution in [-0.4, -0.2) is 66.1 Å². The number of carbonyl (C=O) groups is 2. The molecule has 9 nitrogen and oxygen atoms in total. The number of nitrogens with two attached hydrogens (primary N) is 1. The van der Waals surface area contributed by atoms with Crippen LogP contribution >= 0.6 is 0 Å². The summed E-state index contributed by atoms with van der Waals surface area (Å²) < 4.78 is 22.9. The maximum atomic E-state index is 11.6. The van der Waals surface area contributed by atoms with Gasteiger partial charge in [0.05, 0.1) is 19.3 Å². The first-order valence-corrected chi connectivity index (χ1v) is 7.43. The lowest BCUT2D eigenvalue weighted by atomic mass is 9.99. The number of rotatable bonds is 3. The van der Waals surface area contributed by atoms with E-state index in [-0.39, 0.29) is 13.2 Å². The van der Waals surface area contributed by atoms with Crippen molar-refractivity contribution in [2.45, 2.75) is 63.6 Å². The highest BCUT2D eigenvalue weighted by Crippen LogP contribution is 2.35. The minimum Gasteiger partial charge on any atom is -0.394 e. The molecule has 2 saturated heterocycles. The van der Waals surface area contributed by atoms with E-state index in [1.54, 1.807) is 27.7 Å². The third kappa shape index (κ3) is 4.18. The molecule has 2 rings (SSSR count).